The van der Waals surface area contributed by atoms with E-state index in [0.717, 1.165) is 12.3 Å². The van der Waals surface area contributed by atoms with Gasteiger partial charge in [-0.15, -0.1) is 11.6 Å². The molecule has 2 nitrogen and oxygen atoms in total. The van der Waals surface area contributed by atoms with E-state index in [1.54, 1.807) is 7.11 Å². The van der Waals surface area contributed by atoms with Crippen molar-refractivity contribution in [3.63, 3.8) is 0 Å². The van der Waals surface area contributed by atoms with E-state index in [0.29, 0.717) is 5.92 Å². The van der Waals surface area contributed by atoms with Crippen LogP contribution in [0.5, 0.6) is 0 Å². The van der Waals surface area contributed by atoms with Crippen molar-refractivity contribution < 1.29 is 4.74 Å². The third-order valence-electron chi connectivity index (χ3n) is 2.34. The second-order valence-corrected chi connectivity index (χ2v) is 3.66. The molecule has 0 saturated carbocycles. The van der Waals surface area contributed by atoms with Crippen LogP contribution in [0, 0.1) is 5.92 Å². The molecule has 0 aromatic rings. The third-order valence-corrected chi connectivity index (χ3v) is 2.62. The SMILES string of the molecule is COC1=CC2CNC(Cl)C=C2C=C1. The molecule has 0 amide bonds. The largest absolute Gasteiger partial charge is 0.497 e. The van der Waals surface area contributed by atoms with Gasteiger partial charge in [0, 0.05) is 12.5 Å². The number of fused-ring (bicyclic) bond motifs is 1. The van der Waals surface area contributed by atoms with Crippen LogP contribution in [-0.4, -0.2) is 19.2 Å². The van der Waals surface area contributed by atoms with Gasteiger partial charge in [-0.25, -0.2) is 0 Å². The predicted molar refractivity (Wildman–Crippen MR) is 53.4 cm³/mol. The summed E-state index contributed by atoms with van der Waals surface area (Å²) in [5.41, 5.74) is 1.24. The number of alkyl halides is 1. The standard InChI is InChI=1S/C10H12ClNO/c1-13-9-3-2-7-5-10(11)12-6-8(7)4-9/h2-5,8,10,12H,6H2,1H3. The van der Waals surface area contributed by atoms with E-state index in [4.69, 9.17) is 16.3 Å². The van der Waals surface area contributed by atoms with Crippen LogP contribution < -0.4 is 5.32 Å². The highest BCUT2D eigenvalue weighted by Crippen LogP contribution is 2.25. The third kappa shape index (κ3) is 1.79. The zero-order valence-corrected chi connectivity index (χ0v) is 8.21. The number of hydrogen-bond acceptors (Lipinski definition) is 2. The summed E-state index contributed by atoms with van der Waals surface area (Å²) in [6.45, 7) is 0.886. The first kappa shape index (κ1) is 8.85. The molecule has 2 rings (SSSR count). The molecule has 3 heteroatoms. The summed E-state index contributed by atoms with van der Waals surface area (Å²) in [7, 11) is 1.69. The maximum Gasteiger partial charge on any atom is 0.115 e. The fourth-order valence-corrected chi connectivity index (χ4v) is 1.85. The summed E-state index contributed by atoms with van der Waals surface area (Å²) in [6, 6.07) is 0. The van der Waals surface area contributed by atoms with Gasteiger partial charge in [-0.05, 0) is 23.8 Å². The Labute approximate surface area is 82.9 Å². The van der Waals surface area contributed by atoms with E-state index in [2.05, 4.69) is 17.5 Å². The number of ether oxygens (including phenoxy) is 1. The minimum atomic E-state index is -0.0339. The lowest BCUT2D eigenvalue weighted by Crippen LogP contribution is -2.34. The van der Waals surface area contributed by atoms with Gasteiger partial charge in [0.15, 0.2) is 0 Å². The molecule has 0 spiro atoms. The molecule has 0 saturated heterocycles. The Morgan fingerprint density at radius 2 is 2.31 bits per heavy atom. The van der Waals surface area contributed by atoms with Gasteiger partial charge in [0.2, 0.25) is 0 Å². The molecule has 0 bridgehead atoms. The quantitative estimate of drug-likeness (QED) is 0.511. The molecule has 2 unspecified atom stereocenters. The predicted octanol–water partition coefficient (Wildman–Crippen LogP) is 1.80. The number of allylic oxidation sites excluding steroid dienone is 2. The zero-order valence-electron chi connectivity index (χ0n) is 7.46. The Hall–Kier alpha value is -0.730. The van der Waals surface area contributed by atoms with Crippen molar-refractivity contribution in [1.29, 1.82) is 0 Å². The highest BCUT2D eigenvalue weighted by atomic mass is 35.5. The second kappa shape index (κ2) is 3.56. The molecule has 1 N–H and O–H groups in total. The van der Waals surface area contributed by atoms with Crippen molar-refractivity contribution in [3.8, 4) is 0 Å². The van der Waals surface area contributed by atoms with Crippen molar-refractivity contribution in [2.24, 2.45) is 5.92 Å². The maximum absolute atomic E-state index is 5.93. The van der Waals surface area contributed by atoms with Gasteiger partial charge in [-0.2, -0.15) is 0 Å². The second-order valence-electron chi connectivity index (χ2n) is 3.19. The molecule has 0 fully saturated rings. The Morgan fingerprint density at radius 1 is 1.46 bits per heavy atom. The van der Waals surface area contributed by atoms with Crippen LogP contribution in [0.4, 0.5) is 0 Å². The molecule has 2 atom stereocenters. The molecule has 1 aliphatic heterocycles. The molecule has 1 aliphatic carbocycles. The Bertz CT molecular complexity index is 293. The van der Waals surface area contributed by atoms with Gasteiger partial charge in [0.1, 0.15) is 11.3 Å². The first-order chi connectivity index (χ1) is 6.29. The summed E-state index contributed by atoms with van der Waals surface area (Å²) in [5.74, 6) is 1.34. The number of rotatable bonds is 1. The van der Waals surface area contributed by atoms with Gasteiger partial charge < -0.3 is 4.74 Å². The number of halogens is 1. The maximum atomic E-state index is 5.93. The smallest absolute Gasteiger partial charge is 0.115 e. The fraction of sp³-hybridized carbons (Fsp3) is 0.400. The van der Waals surface area contributed by atoms with Crippen LogP contribution in [0.15, 0.2) is 35.6 Å². The molecular weight excluding hydrogens is 186 g/mol. The van der Waals surface area contributed by atoms with E-state index in [-0.39, 0.29) is 5.50 Å². The summed E-state index contributed by atoms with van der Waals surface area (Å²) in [5, 5.41) is 3.18. The molecule has 0 aromatic carbocycles. The molecular formula is C10H12ClNO. The van der Waals surface area contributed by atoms with E-state index in [9.17, 15) is 0 Å². The summed E-state index contributed by atoms with van der Waals surface area (Å²) >= 11 is 5.93. The molecule has 1 heterocycles. The van der Waals surface area contributed by atoms with Crippen molar-refractivity contribution in [2.45, 2.75) is 5.50 Å². The first-order valence-corrected chi connectivity index (χ1v) is 4.76. The Balaban J connectivity index is 2.22. The van der Waals surface area contributed by atoms with Crippen LogP contribution >= 0.6 is 11.6 Å². The summed E-state index contributed by atoms with van der Waals surface area (Å²) < 4.78 is 5.15. The fourth-order valence-electron chi connectivity index (χ4n) is 1.61. The average molecular weight is 198 g/mol. The van der Waals surface area contributed by atoms with Gasteiger partial charge in [-0.1, -0.05) is 6.08 Å². The molecule has 0 radical (unpaired) electrons. The highest BCUT2D eigenvalue weighted by molar-refractivity contribution is 6.21. The minimum Gasteiger partial charge on any atom is -0.497 e. The van der Waals surface area contributed by atoms with E-state index in [1.807, 2.05) is 12.2 Å². The van der Waals surface area contributed by atoms with Gasteiger partial charge in [0.05, 0.1) is 7.11 Å². The van der Waals surface area contributed by atoms with Crippen LogP contribution in [0.1, 0.15) is 0 Å². The molecule has 70 valence electrons. The zero-order chi connectivity index (χ0) is 9.26. The van der Waals surface area contributed by atoms with Crippen molar-refractivity contribution >= 4 is 11.6 Å². The van der Waals surface area contributed by atoms with Gasteiger partial charge in [0.25, 0.3) is 0 Å². The lowest BCUT2D eigenvalue weighted by molar-refractivity contribution is 0.301. The lowest BCUT2D eigenvalue weighted by Gasteiger charge is -2.26. The Morgan fingerprint density at radius 3 is 3.08 bits per heavy atom. The molecule has 13 heavy (non-hydrogen) atoms. The van der Waals surface area contributed by atoms with Crippen molar-refractivity contribution in [3.05, 3.63) is 35.6 Å². The normalized spacial score (nSPS) is 31.8. The van der Waals surface area contributed by atoms with Crippen molar-refractivity contribution in [1.82, 2.24) is 5.32 Å². The summed E-state index contributed by atoms with van der Waals surface area (Å²) in [4.78, 5) is 0. The van der Waals surface area contributed by atoms with Crippen LogP contribution in [0.3, 0.4) is 0 Å². The lowest BCUT2D eigenvalue weighted by atomic mass is 9.91. The average Bonchev–Trinajstić information content (AvgIpc) is 2.17. The number of nitrogens with one attached hydrogen (secondary N) is 1. The summed E-state index contributed by atoms with van der Waals surface area (Å²) in [6.07, 6.45) is 8.19. The Kier molecular flexibility index (Phi) is 2.42. The number of hydrogen-bond donors (Lipinski definition) is 1. The highest BCUT2D eigenvalue weighted by Gasteiger charge is 2.20. The topological polar surface area (TPSA) is 21.3 Å². The first-order valence-electron chi connectivity index (χ1n) is 4.32. The number of methoxy groups -OCH3 is 1. The minimum absolute atomic E-state index is 0.0339. The molecule has 0 aromatic heterocycles. The van der Waals surface area contributed by atoms with E-state index < -0.39 is 0 Å². The van der Waals surface area contributed by atoms with E-state index >= 15 is 0 Å². The van der Waals surface area contributed by atoms with Crippen LogP contribution in [0.2, 0.25) is 0 Å². The molecule has 2 aliphatic rings. The van der Waals surface area contributed by atoms with Crippen LogP contribution in [0.25, 0.3) is 0 Å². The van der Waals surface area contributed by atoms with E-state index in [1.165, 1.54) is 5.57 Å². The van der Waals surface area contributed by atoms with Gasteiger partial charge >= 0.3 is 0 Å². The van der Waals surface area contributed by atoms with Crippen molar-refractivity contribution in [2.75, 3.05) is 13.7 Å². The monoisotopic (exact) mass is 197 g/mol. The van der Waals surface area contributed by atoms with Crippen LogP contribution in [-0.2, 0) is 4.74 Å². The van der Waals surface area contributed by atoms with Gasteiger partial charge in [-0.3, -0.25) is 5.32 Å².